The molecule has 2 rings (SSSR count). The number of fused-ring (bicyclic) bond motifs is 1. The average molecular weight is 253 g/mol. The molecule has 0 fully saturated rings. The third-order valence-electron chi connectivity index (χ3n) is 2.67. The lowest BCUT2D eigenvalue weighted by molar-refractivity contribution is -0.113. The maximum atomic E-state index is 11.8. The molecule has 0 radical (unpaired) electrons. The Morgan fingerprint density at radius 1 is 1.47 bits per heavy atom. The number of nitrogens with one attached hydrogen (secondary N) is 2. The molecule has 0 atom stereocenters. The molecule has 2 amide bonds. The second-order valence-corrected chi connectivity index (χ2v) is 4.18. The Labute approximate surface area is 104 Å². The zero-order valence-corrected chi connectivity index (χ0v) is 10.0. The molecule has 1 aliphatic heterocycles. The minimum Gasteiger partial charge on any atom is -0.352 e. The van der Waals surface area contributed by atoms with Gasteiger partial charge in [-0.3, -0.25) is 9.59 Å². The van der Waals surface area contributed by atoms with Crippen molar-refractivity contribution in [3.05, 3.63) is 29.3 Å². The summed E-state index contributed by atoms with van der Waals surface area (Å²) in [5, 5.41) is 5.45. The van der Waals surface area contributed by atoms with Crippen molar-refractivity contribution < 1.29 is 9.59 Å². The summed E-state index contributed by atoms with van der Waals surface area (Å²) in [5.41, 5.74) is 2.25. The van der Waals surface area contributed by atoms with Crippen molar-refractivity contribution in [2.75, 3.05) is 17.7 Å². The predicted octanol–water partition coefficient (Wildman–Crippen LogP) is 1.54. The number of aryl methyl sites for hydroxylation is 1. The van der Waals surface area contributed by atoms with Gasteiger partial charge < -0.3 is 10.6 Å². The van der Waals surface area contributed by atoms with E-state index in [9.17, 15) is 9.59 Å². The summed E-state index contributed by atoms with van der Waals surface area (Å²) in [4.78, 5) is 22.9. The number of benzene rings is 1. The van der Waals surface area contributed by atoms with E-state index in [2.05, 4.69) is 10.6 Å². The summed E-state index contributed by atoms with van der Waals surface area (Å²) in [7, 11) is 0. The predicted molar refractivity (Wildman–Crippen MR) is 66.4 cm³/mol. The molecular weight excluding hydrogens is 240 g/mol. The van der Waals surface area contributed by atoms with Crippen molar-refractivity contribution in [3.8, 4) is 0 Å². The highest BCUT2D eigenvalue weighted by Crippen LogP contribution is 2.19. The first-order chi connectivity index (χ1) is 8.20. The van der Waals surface area contributed by atoms with Crippen LogP contribution in [-0.4, -0.2) is 24.2 Å². The molecule has 0 saturated heterocycles. The summed E-state index contributed by atoms with van der Waals surface area (Å²) in [6.07, 6.45) is 1.81. The first-order valence-corrected chi connectivity index (χ1v) is 6.01. The smallest absolute Gasteiger partial charge is 0.251 e. The first-order valence-electron chi connectivity index (χ1n) is 5.47. The van der Waals surface area contributed by atoms with Crippen molar-refractivity contribution >= 4 is 29.1 Å². The molecular formula is C12H13ClN2O2. The third kappa shape index (κ3) is 2.77. The van der Waals surface area contributed by atoms with Crippen LogP contribution in [0.3, 0.4) is 0 Å². The molecule has 90 valence electrons. The number of halogens is 1. The number of hydrogen-bond donors (Lipinski definition) is 2. The molecule has 0 aromatic heterocycles. The Bertz CT molecular complexity index is 460. The zero-order valence-electron chi connectivity index (χ0n) is 9.25. The highest BCUT2D eigenvalue weighted by Gasteiger charge is 2.15. The van der Waals surface area contributed by atoms with E-state index in [-0.39, 0.29) is 17.7 Å². The number of alkyl halides is 1. The number of hydrogen-bond acceptors (Lipinski definition) is 2. The SMILES string of the molecule is O=C(CCl)Nc1ccc2c(c1)C(=O)NCCC2. The number of amides is 2. The van der Waals surface area contributed by atoms with Gasteiger partial charge >= 0.3 is 0 Å². The normalized spacial score (nSPS) is 14.5. The summed E-state index contributed by atoms with van der Waals surface area (Å²) in [5.74, 6) is -0.455. The van der Waals surface area contributed by atoms with Gasteiger partial charge in [-0.05, 0) is 30.5 Å². The van der Waals surface area contributed by atoms with Gasteiger partial charge in [0.1, 0.15) is 5.88 Å². The number of rotatable bonds is 2. The van der Waals surface area contributed by atoms with Crippen LogP contribution in [0, 0.1) is 0 Å². The van der Waals surface area contributed by atoms with Gasteiger partial charge in [0.15, 0.2) is 0 Å². The highest BCUT2D eigenvalue weighted by molar-refractivity contribution is 6.29. The van der Waals surface area contributed by atoms with Crippen molar-refractivity contribution in [1.29, 1.82) is 0 Å². The molecule has 1 heterocycles. The Kier molecular flexibility index (Phi) is 3.64. The molecule has 0 aliphatic carbocycles. The second kappa shape index (κ2) is 5.19. The van der Waals surface area contributed by atoms with Crippen molar-refractivity contribution in [2.24, 2.45) is 0 Å². The molecule has 1 aliphatic rings. The van der Waals surface area contributed by atoms with Crippen LogP contribution in [-0.2, 0) is 11.2 Å². The monoisotopic (exact) mass is 252 g/mol. The molecule has 0 spiro atoms. The van der Waals surface area contributed by atoms with Crippen LogP contribution in [0.1, 0.15) is 22.3 Å². The molecule has 0 saturated carbocycles. The van der Waals surface area contributed by atoms with Gasteiger partial charge in [-0.15, -0.1) is 11.6 Å². The van der Waals surface area contributed by atoms with E-state index < -0.39 is 0 Å². The molecule has 4 nitrogen and oxygen atoms in total. The lowest BCUT2D eigenvalue weighted by Gasteiger charge is -2.08. The van der Waals surface area contributed by atoms with Crippen LogP contribution in [0.15, 0.2) is 18.2 Å². The van der Waals surface area contributed by atoms with Gasteiger partial charge in [0.2, 0.25) is 5.91 Å². The quantitative estimate of drug-likeness (QED) is 0.785. The molecule has 17 heavy (non-hydrogen) atoms. The Balaban J connectivity index is 2.28. The van der Waals surface area contributed by atoms with Crippen LogP contribution in [0.4, 0.5) is 5.69 Å². The van der Waals surface area contributed by atoms with E-state index >= 15 is 0 Å². The Hall–Kier alpha value is -1.55. The van der Waals surface area contributed by atoms with Crippen molar-refractivity contribution in [2.45, 2.75) is 12.8 Å². The summed E-state index contributed by atoms with van der Waals surface area (Å²) in [6, 6.07) is 5.37. The zero-order chi connectivity index (χ0) is 12.3. The Morgan fingerprint density at radius 3 is 3.06 bits per heavy atom. The largest absolute Gasteiger partial charge is 0.352 e. The van der Waals surface area contributed by atoms with Gasteiger partial charge in [-0.25, -0.2) is 0 Å². The van der Waals surface area contributed by atoms with Gasteiger partial charge in [0.25, 0.3) is 5.91 Å². The van der Waals surface area contributed by atoms with Gasteiger partial charge in [0, 0.05) is 17.8 Å². The maximum absolute atomic E-state index is 11.8. The standard InChI is InChI=1S/C12H13ClN2O2/c13-7-11(16)15-9-4-3-8-2-1-5-14-12(17)10(8)6-9/h3-4,6H,1-2,5,7H2,(H,14,17)(H,15,16). The van der Waals surface area contributed by atoms with Crippen molar-refractivity contribution in [3.63, 3.8) is 0 Å². The fourth-order valence-electron chi connectivity index (χ4n) is 1.85. The molecule has 0 unspecified atom stereocenters. The van der Waals surface area contributed by atoms with Gasteiger partial charge in [-0.1, -0.05) is 6.07 Å². The fourth-order valence-corrected chi connectivity index (χ4v) is 1.92. The second-order valence-electron chi connectivity index (χ2n) is 3.91. The van der Waals surface area contributed by atoms with Crippen LogP contribution < -0.4 is 10.6 Å². The van der Waals surface area contributed by atoms with E-state index in [0.29, 0.717) is 17.8 Å². The Morgan fingerprint density at radius 2 is 2.29 bits per heavy atom. The molecule has 1 aromatic rings. The van der Waals surface area contributed by atoms with E-state index in [1.807, 2.05) is 6.07 Å². The van der Waals surface area contributed by atoms with Gasteiger partial charge in [-0.2, -0.15) is 0 Å². The molecule has 0 bridgehead atoms. The topological polar surface area (TPSA) is 58.2 Å². The summed E-state index contributed by atoms with van der Waals surface area (Å²) >= 11 is 5.41. The minimum atomic E-state index is -0.277. The van der Waals surface area contributed by atoms with Crippen LogP contribution in [0.5, 0.6) is 0 Å². The number of carbonyl (C=O) groups is 2. The minimum absolute atomic E-state index is 0.0838. The molecule has 2 N–H and O–H groups in total. The molecule has 1 aromatic carbocycles. The summed E-state index contributed by atoms with van der Waals surface area (Å²) in [6.45, 7) is 0.691. The highest BCUT2D eigenvalue weighted by atomic mass is 35.5. The van der Waals surface area contributed by atoms with Crippen molar-refractivity contribution in [1.82, 2.24) is 5.32 Å². The van der Waals surface area contributed by atoms with Crippen LogP contribution in [0.25, 0.3) is 0 Å². The third-order valence-corrected chi connectivity index (χ3v) is 2.91. The fraction of sp³-hybridized carbons (Fsp3) is 0.333. The van der Waals surface area contributed by atoms with E-state index in [4.69, 9.17) is 11.6 Å². The van der Waals surface area contributed by atoms with E-state index in [0.717, 1.165) is 18.4 Å². The van der Waals surface area contributed by atoms with Gasteiger partial charge in [0.05, 0.1) is 0 Å². The number of carbonyl (C=O) groups excluding carboxylic acids is 2. The maximum Gasteiger partial charge on any atom is 0.251 e. The van der Waals surface area contributed by atoms with Crippen LogP contribution >= 0.6 is 11.6 Å². The lowest BCUT2D eigenvalue weighted by atomic mass is 10.0. The lowest BCUT2D eigenvalue weighted by Crippen LogP contribution is -2.23. The average Bonchev–Trinajstić information content (AvgIpc) is 2.52. The first kappa shape index (κ1) is 11.9. The molecule has 5 heteroatoms. The van der Waals surface area contributed by atoms with E-state index in [1.54, 1.807) is 12.1 Å². The number of anilines is 1. The van der Waals surface area contributed by atoms with E-state index in [1.165, 1.54) is 0 Å². The van der Waals surface area contributed by atoms with Crippen LogP contribution in [0.2, 0.25) is 0 Å². The summed E-state index contributed by atoms with van der Waals surface area (Å²) < 4.78 is 0.